The summed E-state index contributed by atoms with van der Waals surface area (Å²) in [6, 6.07) is 0. The maximum absolute atomic E-state index is 11.6. The van der Waals surface area contributed by atoms with Crippen molar-refractivity contribution >= 4 is 5.97 Å². The van der Waals surface area contributed by atoms with Gasteiger partial charge >= 0.3 is 5.97 Å². The predicted octanol–water partition coefficient (Wildman–Crippen LogP) is 9.51. The van der Waals surface area contributed by atoms with E-state index >= 15 is 0 Å². The standard InChI is InChI=1S/C38H59NO2/c1-24(2)26-14-17-35(6)20-21-37(8)29(33(26)35)12-13-31-36(7)18-15-28(34(4,5)30(36)16-19-38(31,37)9)27-11-10-22-39(25(27)3)23-32(40)41/h10-11,26,28-31,33H,1,12-23H2,2-9H3,(H,40,41)/t26-,28?,29+,30-,31+,33+,35+,36-,37+,38+/m0/s1. The number of rotatable bonds is 4. The number of carboxylic acids is 1. The van der Waals surface area contributed by atoms with E-state index in [0.29, 0.717) is 40.0 Å². The molecule has 1 unspecified atom stereocenters. The van der Waals surface area contributed by atoms with Crippen molar-refractivity contribution in [3.8, 4) is 0 Å². The van der Waals surface area contributed by atoms with Crippen molar-refractivity contribution in [2.24, 2.45) is 62.6 Å². The lowest BCUT2D eigenvalue weighted by molar-refractivity contribution is -0.239. The zero-order chi connectivity index (χ0) is 29.8. The third-order valence-electron chi connectivity index (χ3n) is 15.7. The fraction of sp³-hybridized carbons (Fsp3) is 0.816. The molecule has 0 radical (unpaired) electrons. The number of nitrogens with zero attached hydrogens (tertiary/aromatic N) is 1. The van der Waals surface area contributed by atoms with Crippen LogP contribution in [0.25, 0.3) is 0 Å². The summed E-state index contributed by atoms with van der Waals surface area (Å²) in [6.45, 7) is 25.9. The fourth-order valence-electron chi connectivity index (χ4n) is 13.5. The van der Waals surface area contributed by atoms with Gasteiger partial charge in [0.05, 0.1) is 0 Å². The molecule has 6 aliphatic rings. The summed E-state index contributed by atoms with van der Waals surface area (Å²) in [6.07, 6.45) is 18.2. The van der Waals surface area contributed by atoms with Crippen molar-refractivity contribution in [1.29, 1.82) is 0 Å². The first-order valence-corrected chi connectivity index (χ1v) is 17.1. The largest absolute Gasteiger partial charge is 0.480 e. The highest BCUT2D eigenvalue weighted by atomic mass is 16.4. The van der Waals surface area contributed by atoms with E-state index in [1.807, 2.05) is 0 Å². The Bertz CT molecular complexity index is 1180. The number of hydrogen-bond donors (Lipinski definition) is 1. The Kier molecular flexibility index (Phi) is 6.84. The van der Waals surface area contributed by atoms with Crippen molar-refractivity contribution in [3.63, 3.8) is 0 Å². The number of hydrogen-bond acceptors (Lipinski definition) is 2. The molecule has 0 saturated heterocycles. The van der Waals surface area contributed by atoms with Gasteiger partial charge in [0.2, 0.25) is 0 Å². The average molecular weight is 562 g/mol. The van der Waals surface area contributed by atoms with Crippen molar-refractivity contribution in [2.75, 3.05) is 13.1 Å². The highest BCUT2D eigenvalue weighted by Gasteiger charge is 2.70. The molecule has 5 fully saturated rings. The van der Waals surface area contributed by atoms with Crippen LogP contribution in [-0.2, 0) is 4.79 Å². The molecule has 0 bridgehead atoms. The lowest BCUT2D eigenvalue weighted by atomic mass is 9.32. The summed E-state index contributed by atoms with van der Waals surface area (Å²) in [5.74, 6) is 3.67. The predicted molar refractivity (Wildman–Crippen MR) is 169 cm³/mol. The molecular weight excluding hydrogens is 502 g/mol. The summed E-state index contributed by atoms with van der Waals surface area (Å²) in [5, 5.41) is 9.52. The van der Waals surface area contributed by atoms with Gasteiger partial charge in [-0.15, -0.1) is 0 Å². The molecule has 0 spiro atoms. The Hall–Kier alpha value is -1.51. The van der Waals surface area contributed by atoms with Crippen molar-refractivity contribution in [1.82, 2.24) is 4.90 Å². The monoisotopic (exact) mass is 561 g/mol. The lowest BCUT2D eigenvalue weighted by Gasteiger charge is -2.73. The maximum Gasteiger partial charge on any atom is 0.323 e. The van der Waals surface area contributed by atoms with Gasteiger partial charge in [0.25, 0.3) is 0 Å². The number of carbonyl (C=O) groups is 1. The molecule has 228 valence electrons. The minimum absolute atomic E-state index is 0.0976. The van der Waals surface area contributed by atoms with Crippen LogP contribution < -0.4 is 0 Å². The first-order valence-electron chi connectivity index (χ1n) is 17.1. The van der Waals surface area contributed by atoms with Crippen molar-refractivity contribution in [3.05, 3.63) is 35.6 Å². The second-order valence-corrected chi connectivity index (χ2v) is 17.5. The minimum atomic E-state index is -0.736. The fourth-order valence-corrected chi connectivity index (χ4v) is 13.5. The molecule has 0 aromatic carbocycles. The van der Waals surface area contributed by atoms with E-state index in [2.05, 4.69) is 79.0 Å². The molecule has 10 atom stereocenters. The van der Waals surface area contributed by atoms with Crippen LogP contribution >= 0.6 is 0 Å². The summed E-state index contributed by atoms with van der Waals surface area (Å²) >= 11 is 0. The van der Waals surface area contributed by atoms with Crippen LogP contribution in [0.4, 0.5) is 0 Å². The highest BCUT2D eigenvalue weighted by molar-refractivity contribution is 5.69. The molecule has 3 nitrogen and oxygen atoms in total. The molecule has 1 aliphatic heterocycles. The van der Waals surface area contributed by atoms with E-state index in [4.69, 9.17) is 0 Å². The number of fused-ring (bicyclic) bond motifs is 7. The van der Waals surface area contributed by atoms with E-state index in [1.165, 1.54) is 81.1 Å². The molecular formula is C38H59NO2. The van der Waals surface area contributed by atoms with Crippen LogP contribution in [0.2, 0.25) is 0 Å². The van der Waals surface area contributed by atoms with Gasteiger partial charge in [-0.05, 0) is 146 Å². The van der Waals surface area contributed by atoms with Gasteiger partial charge in [-0.2, -0.15) is 0 Å². The second-order valence-electron chi connectivity index (χ2n) is 17.5. The van der Waals surface area contributed by atoms with Gasteiger partial charge in [0, 0.05) is 12.2 Å². The maximum atomic E-state index is 11.6. The summed E-state index contributed by atoms with van der Waals surface area (Å²) < 4.78 is 0. The Morgan fingerprint density at radius 1 is 0.927 bits per heavy atom. The van der Waals surface area contributed by atoms with Gasteiger partial charge < -0.3 is 10.0 Å². The van der Waals surface area contributed by atoms with Gasteiger partial charge in [0.15, 0.2) is 0 Å². The van der Waals surface area contributed by atoms with Crippen LogP contribution in [0, 0.1) is 62.6 Å². The molecule has 0 aromatic heterocycles. The first kappa shape index (κ1) is 29.6. The molecule has 0 amide bonds. The topological polar surface area (TPSA) is 40.5 Å². The molecule has 0 aromatic rings. The van der Waals surface area contributed by atoms with Crippen molar-refractivity contribution < 1.29 is 9.90 Å². The first-order chi connectivity index (χ1) is 19.1. The van der Waals surface area contributed by atoms with Crippen LogP contribution in [0.15, 0.2) is 35.6 Å². The lowest BCUT2D eigenvalue weighted by Crippen LogP contribution is -2.66. The Labute approximate surface area is 251 Å². The number of carboxylic acid groups (broad SMARTS) is 1. The summed E-state index contributed by atoms with van der Waals surface area (Å²) in [4.78, 5) is 13.6. The number of allylic oxidation sites excluding steroid dienone is 4. The molecule has 3 heteroatoms. The van der Waals surface area contributed by atoms with E-state index < -0.39 is 5.97 Å². The molecule has 1 N–H and O–H groups in total. The zero-order valence-corrected chi connectivity index (χ0v) is 27.6. The van der Waals surface area contributed by atoms with Crippen LogP contribution in [-0.4, -0.2) is 29.1 Å². The van der Waals surface area contributed by atoms with Gasteiger partial charge in [-0.25, -0.2) is 0 Å². The van der Waals surface area contributed by atoms with Crippen LogP contribution in [0.1, 0.15) is 120 Å². The van der Waals surface area contributed by atoms with Gasteiger partial charge in [-0.3, -0.25) is 4.79 Å². The van der Waals surface area contributed by atoms with Gasteiger partial charge in [0.1, 0.15) is 6.54 Å². The van der Waals surface area contributed by atoms with Crippen LogP contribution in [0.3, 0.4) is 0 Å². The Morgan fingerprint density at radius 3 is 2.34 bits per heavy atom. The van der Waals surface area contributed by atoms with E-state index in [9.17, 15) is 9.90 Å². The summed E-state index contributed by atoms with van der Waals surface area (Å²) in [7, 11) is 0. The minimum Gasteiger partial charge on any atom is -0.480 e. The SMILES string of the molecule is C=C(C)[C@@H]1CC[C@]2(C)CC[C@]3(C)[C@H](CC[C@@H]4[C@@]5(C)CCC(C6=C(C)N(CC(=O)O)CC=C6)C(C)(C)[C@@H]5CC[C@]43C)[C@@H]12. The molecule has 1 heterocycles. The van der Waals surface area contributed by atoms with E-state index in [1.54, 1.807) is 0 Å². The van der Waals surface area contributed by atoms with Gasteiger partial charge in [-0.1, -0.05) is 65.8 Å². The smallest absolute Gasteiger partial charge is 0.323 e. The Morgan fingerprint density at radius 2 is 1.66 bits per heavy atom. The van der Waals surface area contributed by atoms with E-state index in [0.717, 1.165) is 23.7 Å². The Balaban J connectivity index is 1.32. The quantitative estimate of drug-likeness (QED) is 0.347. The van der Waals surface area contributed by atoms with Crippen LogP contribution in [0.5, 0.6) is 0 Å². The normalized spacial score (nSPS) is 48.6. The average Bonchev–Trinajstić information content (AvgIpc) is 3.24. The molecule has 5 aliphatic carbocycles. The second kappa shape index (κ2) is 9.49. The molecule has 6 rings (SSSR count). The van der Waals surface area contributed by atoms with Crippen molar-refractivity contribution in [2.45, 2.75) is 120 Å². The highest BCUT2D eigenvalue weighted by Crippen LogP contribution is 2.78. The third kappa shape index (κ3) is 3.98. The number of aliphatic carboxylic acids is 1. The molecule has 5 saturated carbocycles. The van der Waals surface area contributed by atoms with E-state index in [-0.39, 0.29) is 12.0 Å². The molecule has 41 heavy (non-hydrogen) atoms. The zero-order valence-electron chi connectivity index (χ0n) is 27.6. The third-order valence-corrected chi connectivity index (χ3v) is 15.7. The summed E-state index contributed by atoms with van der Waals surface area (Å²) in [5.41, 5.74) is 5.98.